The first-order valence-electron chi connectivity index (χ1n) is 7.60. The van der Waals surface area contributed by atoms with Crippen LogP contribution < -0.4 is 0 Å². The number of aromatic nitrogens is 2. The number of carbonyl (C=O) groups is 1. The predicted octanol–water partition coefficient (Wildman–Crippen LogP) is 2.25. The van der Waals surface area contributed by atoms with E-state index in [9.17, 15) is 4.79 Å². The zero-order valence-electron chi connectivity index (χ0n) is 12.1. The van der Waals surface area contributed by atoms with E-state index in [-0.39, 0.29) is 12.1 Å². The molecule has 1 fully saturated rings. The number of hydrogen-bond donors (Lipinski definition) is 0. The number of imidazole rings is 1. The van der Waals surface area contributed by atoms with Crippen LogP contribution in [0.15, 0.2) is 0 Å². The number of esters is 1. The van der Waals surface area contributed by atoms with Crippen LogP contribution in [0.1, 0.15) is 54.1 Å². The van der Waals surface area contributed by atoms with Crippen molar-refractivity contribution in [3.05, 3.63) is 17.2 Å². The van der Waals surface area contributed by atoms with Gasteiger partial charge in [-0.15, -0.1) is 0 Å². The SMILES string of the molecule is Cc1nc(C(=O)OCC2CCCCO2)c2n1CCCC2. The Bertz CT molecular complexity index is 490. The van der Waals surface area contributed by atoms with Gasteiger partial charge in [-0.3, -0.25) is 0 Å². The van der Waals surface area contributed by atoms with Crippen LogP contribution in [0.3, 0.4) is 0 Å². The largest absolute Gasteiger partial charge is 0.458 e. The highest BCUT2D eigenvalue weighted by atomic mass is 16.6. The molecule has 1 aromatic heterocycles. The third kappa shape index (κ3) is 2.73. The average molecular weight is 278 g/mol. The summed E-state index contributed by atoms with van der Waals surface area (Å²) in [6.45, 7) is 4.05. The van der Waals surface area contributed by atoms with E-state index in [0.717, 1.165) is 63.2 Å². The quantitative estimate of drug-likeness (QED) is 0.796. The van der Waals surface area contributed by atoms with Crippen molar-refractivity contribution in [1.29, 1.82) is 0 Å². The summed E-state index contributed by atoms with van der Waals surface area (Å²) >= 11 is 0. The molecule has 1 unspecified atom stereocenters. The summed E-state index contributed by atoms with van der Waals surface area (Å²) in [4.78, 5) is 16.6. The first-order chi connectivity index (χ1) is 9.75. The predicted molar refractivity (Wildman–Crippen MR) is 73.8 cm³/mol. The molecule has 1 atom stereocenters. The van der Waals surface area contributed by atoms with Crippen LogP contribution in [0.5, 0.6) is 0 Å². The van der Waals surface area contributed by atoms with Crippen molar-refractivity contribution in [2.24, 2.45) is 0 Å². The Kier molecular flexibility index (Phi) is 4.05. The maximum atomic E-state index is 12.2. The number of aryl methyl sites for hydroxylation is 1. The molecule has 2 aliphatic heterocycles. The van der Waals surface area contributed by atoms with Crippen LogP contribution in [0.2, 0.25) is 0 Å². The molecule has 0 aromatic carbocycles. The first-order valence-corrected chi connectivity index (χ1v) is 7.60. The highest BCUT2D eigenvalue weighted by molar-refractivity contribution is 5.88. The number of hydrogen-bond acceptors (Lipinski definition) is 4. The molecule has 0 amide bonds. The third-order valence-corrected chi connectivity index (χ3v) is 4.18. The molecule has 1 saturated heterocycles. The second-order valence-corrected chi connectivity index (χ2v) is 5.65. The summed E-state index contributed by atoms with van der Waals surface area (Å²) in [6.07, 6.45) is 6.51. The molecule has 0 aliphatic carbocycles. The van der Waals surface area contributed by atoms with Crippen LogP contribution in [0.25, 0.3) is 0 Å². The van der Waals surface area contributed by atoms with Gasteiger partial charge in [-0.05, 0) is 45.4 Å². The molecule has 0 radical (unpaired) electrons. The molecule has 0 N–H and O–H groups in total. The molecule has 3 heterocycles. The Hall–Kier alpha value is -1.36. The topological polar surface area (TPSA) is 53.4 Å². The minimum Gasteiger partial charge on any atom is -0.458 e. The standard InChI is InChI=1S/C15H22N2O3/c1-11-16-14(13-7-2-4-8-17(11)13)15(18)20-10-12-6-3-5-9-19-12/h12H,2-10H2,1H3. The van der Waals surface area contributed by atoms with E-state index in [1.807, 2.05) is 6.92 Å². The summed E-state index contributed by atoms with van der Waals surface area (Å²) in [7, 11) is 0. The van der Waals surface area contributed by atoms with E-state index >= 15 is 0 Å². The van der Waals surface area contributed by atoms with Gasteiger partial charge in [-0.2, -0.15) is 0 Å². The zero-order valence-corrected chi connectivity index (χ0v) is 12.1. The lowest BCUT2D eigenvalue weighted by Crippen LogP contribution is -2.26. The highest BCUT2D eigenvalue weighted by Gasteiger charge is 2.25. The normalized spacial score (nSPS) is 22.4. The summed E-state index contributed by atoms with van der Waals surface area (Å²) < 4.78 is 13.1. The van der Waals surface area contributed by atoms with Crippen molar-refractivity contribution in [2.45, 2.75) is 58.1 Å². The molecule has 110 valence electrons. The minimum absolute atomic E-state index is 0.0623. The lowest BCUT2D eigenvalue weighted by molar-refractivity contribution is -0.0302. The van der Waals surface area contributed by atoms with Gasteiger partial charge in [-0.25, -0.2) is 9.78 Å². The summed E-state index contributed by atoms with van der Waals surface area (Å²) in [5, 5.41) is 0. The van der Waals surface area contributed by atoms with Gasteiger partial charge in [0.15, 0.2) is 5.69 Å². The lowest BCUT2D eigenvalue weighted by atomic mass is 10.1. The van der Waals surface area contributed by atoms with Gasteiger partial charge in [0.1, 0.15) is 12.4 Å². The second kappa shape index (κ2) is 5.95. The molecule has 5 heteroatoms. The zero-order chi connectivity index (χ0) is 13.9. The Morgan fingerprint density at radius 2 is 2.30 bits per heavy atom. The fourth-order valence-electron chi connectivity index (χ4n) is 3.06. The monoisotopic (exact) mass is 278 g/mol. The second-order valence-electron chi connectivity index (χ2n) is 5.65. The van der Waals surface area contributed by atoms with Crippen molar-refractivity contribution in [1.82, 2.24) is 9.55 Å². The molecular weight excluding hydrogens is 256 g/mol. The summed E-state index contributed by atoms with van der Waals surface area (Å²) in [6, 6.07) is 0. The van der Waals surface area contributed by atoms with E-state index < -0.39 is 0 Å². The number of carbonyl (C=O) groups excluding carboxylic acids is 1. The molecule has 5 nitrogen and oxygen atoms in total. The van der Waals surface area contributed by atoms with Crippen LogP contribution in [0, 0.1) is 6.92 Å². The molecular formula is C15H22N2O3. The van der Waals surface area contributed by atoms with Gasteiger partial charge >= 0.3 is 5.97 Å². The van der Waals surface area contributed by atoms with Crippen molar-refractivity contribution >= 4 is 5.97 Å². The van der Waals surface area contributed by atoms with Crippen molar-refractivity contribution in [3.63, 3.8) is 0 Å². The molecule has 0 spiro atoms. The molecule has 0 bridgehead atoms. The van der Waals surface area contributed by atoms with E-state index in [4.69, 9.17) is 9.47 Å². The summed E-state index contributed by atoms with van der Waals surface area (Å²) in [5.74, 6) is 0.624. The van der Waals surface area contributed by atoms with Crippen molar-refractivity contribution in [2.75, 3.05) is 13.2 Å². The molecule has 0 saturated carbocycles. The van der Waals surface area contributed by atoms with Crippen LogP contribution in [-0.4, -0.2) is 34.8 Å². The van der Waals surface area contributed by atoms with Gasteiger partial charge < -0.3 is 14.0 Å². The third-order valence-electron chi connectivity index (χ3n) is 4.18. The lowest BCUT2D eigenvalue weighted by Gasteiger charge is -2.22. The van der Waals surface area contributed by atoms with Crippen molar-refractivity contribution < 1.29 is 14.3 Å². The summed E-state index contributed by atoms with van der Waals surface area (Å²) in [5.41, 5.74) is 1.56. The first kappa shape index (κ1) is 13.6. The van der Waals surface area contributed by atoms with Gasteiger partial charge in [-0.1, -0.05) is 0 Å². The van der Waals surface area contributed by atoms with Gasteiger partial charge in [0.2, 0.25) is 0 Å². The smallest absolute Gasteiger partial charge is 0.358 e. The van der Waals surface area contributed by atoms with Crippen LogP contribution >= 0.6 is 0 Å². The van der Waals surface area contributed by atoms with Crippen LogP contribution in [0.4, 0.5) is 0 Å². The molecule has 20 heavy (non-hydrogen) atoms. The fourth-order valence-corrected chi connectivity index (χ4v) is 3.06. The van der Waals surface area contributed by atoms with Crippen LogP contribution in [-0.2, 0) is 22.4 Å². The number of fused-ring (bicyclic) bond motifs is 1. The van der Waals surface area contributed by atoms with E-state index in [1.165, 1.54) is 0 Å². The number of rotatable bonds is 3. The molecule has 1 aromatic rings. The number of ether oxygens (including phenoxy) is 2. The molecule has 2 aliphatic rings. The Morgan fingerprint density at radius 1 is 1.40 bits per heavy atom. The minimum atomic E-state index is -0.294. The van der Waals surface area contributed by atoms with E-state index in [1.54, 1.807) is 0 Å². The molecule has 3 rings (SSSR count). The van der Waals surface area contributed by atoms with E-state index in [2.05, 4.69) is 9.55 Å². The maximum absolute atomic E-state index is 12.2. The Balaban J connectivity index is 1.65. The Morgan fingerprint density at radius 3 is 3.10 bits per heavy atom. The average Bonchev–Trinajstić information content (AvgIpc) is 2.84. The maximum Gasteiger partial charge on any atom is 0.358 e. The fraction of sp³-hybridized carbons (Fsp3) is 0.733. The number of nitrogens with zero attached hydrogens (tertiary/aromatic N) is 2. The van der Waals surface area contributed by atoms with Gasteiger partial charge in [0.05, 0.1) is 11.8 Å². The van der Waals surface area contributed by atoms with Crippen molar-refractivity contribution in [3.8, 4) is 0 Å². The van der Waals surface area contributed by atoms with Gasteiger partial charge in [0.25, 0.3) is 0 Å². The Labute approximate surface area is 119 Å². The van der Waals surface area contributed by atoms with Gasteiger partial charge in [0, 0.05) is 13.2 Å². The van der Waals surface area contributed by atoms with E-state index in [0.29, 0.717) is 12.3 Å². The highest BCUT2D eigenvalue weighted by Crippen LogP contribution is 2.21.